The Bertz CT molecular complexity index is 426. The van der Waals surface area contributed by atoms with Gasteiger partial charge in [-0.3, -0.25) is 4.99 Å². The number of rotatable bonds is 5. The summed E-state index contributed by atoms with van der Waals surface area (Å²) in [6, 6.07) is 4.21. The Kier molecular flexibility index (Phi) is 6.11. The van der Waals surface area contributed by atoms with Gasteiger partial charge in [0.25, 0.3) is 0 Å². The second-order valence-corrected chi connectivity index (χ2v) is 6.60. The van der Waals surface area contributed by atoms with Crippen LogP contribution in [0.15, 0.2) is 23.3 Å². The van der Waals surface area contributed by atoms with Crippen LogP contribution in [0.4, 0.5) is 0 Å². The average Bonchev–Trinajstić information content (AvgIpc) is 2.73. The van der Waals surface area contributed by atoms with E-state index in [-0.39, 0.29) is 0 Å². The van der Waals surface area contributed by atoms with E-state index in [1.165, 1.54) is 18.5 Å². The van der Waals surface area contributed by atoms with Crippen LogP contribution in [0.3, 0.4) is 0 Å². The maximum atomic E-state index is 4.35. The van der Waals surface area contributed by atoms with Crippen molar-refractivity contribution in [2.24, 2.45) is 17.5 Å². The van der Waals surface area contributed by atoms with Crippen LogP contribution in [0.5, 0.6) is 0 Å². The Hall–Kier alpha value is -1.45. The number of hydrogen-bond acceptors (Lipinski definition) is 1. The van der Waals surface area contributed by atoms with Gasteiger partial charge in [-0.15, -0.1) is 0 Å². The molecule has 0 saturated carbocycles. The standard InChI is InChI=1S/C16H30N4/c1-16(2,3)10-8-11-18-15(17-4)20(6)13-14-9-7-12-19(14)5/h7,9,12H,8,10-11,13H2,1-6H3,(H,17,18). The van der Waals surface area contributed by atoms with Gasteiger partial charge in [-0.1, -0.05) is 20.8 Å². The molecule has 0 radical (unpaired) electrons. The van der Waals surface area contributed by atoms with Gasteiger partial charge in [0.15, 0.2) is 5.96 Å². The number of hydrogen-bond donors (Lipinski definition) is 1. The molecule has 1 heterocycles. The van der Waals surface area contributed by atoms with E-state index in [9.17, 15) is 0 Å². The quantitative estimate of drug-likeness (QED) is 0.510. The maximum absolute atomic E-state index is 4.35. The summed E-state index contributed by atoms with van der Waals surface area (Å²) < 4.78 is 2.14. The van der Waals surface area contributed by atoms with E-state index in [1.807, 2.05) is 7.05 Å². The van der Waals surface area contributed by atoms with E-state index in [0.29, 0.717) is 5.41 Å². The van der Waals surface area contributed by atoms with Crippen molar-refractivity contribution in [1.29, 1.82) is 0 Å². The third-order valence-corrected chi connectivity index (χ3v) is 3.41. The van der Waals surface area contributed by atoms with Gasteiger partial charge >= 0.3 is 0 Å². The zero-order valence-corrected chi connectivity index (χ0v) is 13.9. The average molecular weight is 278 g/mol. The highest BCUT2D eigenvalue weighted by Gasteiger charge is 2.11. The third-order valence-electron chi connectivity index (χ3n) is 3.41. The molecule has 0 bridgehead atoms. The second-order valence-electron chi connectivity index (χ2n) is 6.60. The van der Waals surface area contributed by atoms with Crippen LogP contribution in [0, 0.1) is 5.41 Å². The molecular formula is C16H30N4. The summed E-state index contributed by atoms with van der Waals surface area (Å²) in [5.41, 5.74) is 1.69. The first kappa shape index (κ1) is 16.6. The number of guanidine groups is 1. The Morgan fingerprint density at radius 3 is 2.60 bits per heavy atom. The molecule has 0 aliphatic rings. The van der Waals surface area contributed by atoms with E-state index >= 15 is 0 Å². The summed E-state index contributed by atoms with van der Waals surface area (Å²) in [5, 5.41) is 3.44. The van der Waals surface area contributed by atoms with Crippen molar-refractivity contribution >= 4 is 5.96 Å². The predicted molar refractivity (Wildman–Crippen MR) is 86.9 cm³/mol. The van der Waals surface area contributed by atoms with E-state index in [0.717, 1.165) is 19.0 Å². The van der Waals surface area contributed by atoms with Crippen LogP contribution in [0.2, 0.25) is 0 Å². The van der Waals surface area contributed by atoms with E-state index in [2.05, 4.69) is 73.0 Å². The number of aliphatic imine (C=N–C) groups is 1. The van der Waals surface area contributed by atoms with Gasteiger partial charge in [0, 0.05) is 39.6 Å². The largest absolute Gasteiger partial charge is 0.356 e. The summed E-state index contributed by atoms with van der Waals surface area (Å²) in [6.45, 7) is 8.68. The smallest absolute Gasteiger partial charge is 0.193 e. The molecule has 0 atom stereocenters. The molecule has 0 saturated heterocycles. The van der Waals surface area contributed by atoms with Gasteiger partial charge in [0.1, 0.15) is 0 Å². The van der Waals surface area contributed by atoms with Crippen molar-refractivity contribution in [3.05, 3.63) is 24.0 Å². The van der Waals surface area contributed by atoms with Crippen molar-refractivity contribution in [3.63, 3.8) is 0 Å². The molecule has 4 heteroatoms. The van der Waals surface area contributed by atoms with Crippen LogP contribution < -0.4 is 5.32 Å². The number of nitrogens with zero attached hydrogens (tertiary/aromatic N) is 3. The maximum Gasteiger partial charge on any atom is 0.193 e. The Balaban J connectivity index is 2.40. The summed E-state index contributed by atoms with van der Waals surface area (Å²) in [5.74, 6) is 0.958. The molecule has 0 fully saturated rings. The van der Waals surface area contributed by atoms with Crippen molar-refractivity contribution in [2.75, 3.05) is 20.6 Å². The molecule has 1 aromatic heterocycles. The van der Waals surface area contributed by atoms with Crippen LogP contribution in [-0.2, 0) is 13.6 Å². The Morgan fingerprint density at radius 2 is 2.10 bits per heavy atom. The van der Waals surface area contributed by atoms with Crippen molar-refractivity contribution in [3.8, 4) is 0 Å². The second kappa shape index (κ2) is 7.36. The van der Waals surface area contributed by atoms with E-state index < -0.39 is 0 Å². The molecule has 1 rings (SSSR count). The minimum absolute atomic E-state index is 0.403. The first-order valence-corrected chi connectivity index (χ1v) is 7.35. The van der Waals surface area contributed by atoms with Crippen LogP contribution in [-0.4, -0.2) is 36.1 Å². The Labute approximate surface area is 123 Å². The first-order valence-electron chi connectivity index (χ1n) is 7.35. The summed E-state index contributed by atoms with van der Waals surface area (Å²) in [7, 11) is 5.99. The molecule has 1 N–H and O–H groups in total. The molecule has 4 nitrogen and oxygen atoms in total. The molecule has 0 aliphatic heterocycles. The van der Waals surface area contributed by atoms with Crippen molar-refractivity contribution in [1.82, 2.24) is 14.8 Å². The number of aromatic nitrogens is 1. The summed E-state index contributed by atoms with van der Waals surface area (Å²) in [4.78, 5) is 6.51. The molecule has 0 amide bonds. The SMILES string of the molecule is CN=C(NCCCC(C)(C)C)N(C)Cc1cccn1C. The summed E-state index contributed by atoms with van der Waals surface area (Å²) in [6.07, 6.45) is 4.46. The normalized spacial score (nSPS) is 12.6. The minimum Gasteiger partial charge on any atom is -0.356 e. The van der Waals surface area contributed by atoms with E-state index in [1.54, 1.807) is 0 Å². The van der Waals surface area contributed by atoms with Crippen molar-refractivity contribution < 1.29 is 0 Å². The Morgan fingerprint density at radius 1 is 1.40 bits per heavy atom. The molecule has 0 spiro atoms. The van der Waals surface area contributed by atoms with Gasteiger partial charge in [-0.2, -0.15) is 0 Å². The molecule has 20 heavy (non-hydrogen) atoms. The monoisotopic (exact) mass is 278 g/mol. The first-order chi connectivity index (χ1) is 9.33. The van der Waals surface area contributed by atoms with Gasteiger partial charge < -0.3 is 14.8 Å². The number of aryl methyl sites for hydroxylation is 1. The lowest BCUT2D eigenvalue weighted by Crippen LogP contribution is -2.39. The highest BCUT2D eigenvalue weighted by atomic mass is 15.3. The minimum atomic E-state index is 0.403. The highest BCUT2D eigenvalue weighted by Crippen LogP contribution is 2.19. The van der Waals surface area contributed by atoms with Crippen molar-refractivity contribution in [2.45, 2.75) is 40.2 Å². The van der Waals surface area contributed by atoms with Gasteiger partial charge in [-0.25, -0.2) is 0 Å². The molecule has 0 unspecified atom stereocenters. The lowest BCUT2D eigenvalue weighted by Gasteiger charge is -2.23. The molecular weight excluding hydrogens is 248 g/mol. The zero-order valence-electron chi connectivity index (χ0n) is 13.9. The van der Waals surface area contributed by atoms with Gasteiger partial charge in [-0.05, 0) is 30.4 Å². The summed E-state index contributed by atoms with van der Waals surface area (Å²) >= 11 is 0. The zero-order chi connectivity index (χ0) is 15.2. The van der Waals surface area contributed by atoms with Crippen LogP contribution in [0.1, 0.15) is 39.3 Å². The van der Waals surface area contributed by atoms with Crippen LogP contribution in [0.25, 0.3) is 0 Å². The number of nitrogens with one attached hydrogen (secondary N) is 1. The lowest BCUT2D eigenvalue weighted by molar-refractivity contribution is 0.363. The molecule has 0 aromatic carbocycles. The van der Waals surface area contributed by atoms with Gasteiger partial charge in [0.05, 0.1) is 6.54 Å². The lowest BCUT2D eigenvalue weighted by atomic mass is 9.91. The van der Waals surface area contributed by atoms with Crippen LogP contribution >= 0.6 is 0 Å². The fourth-order valence-corrected chi connectivity index (χ4v) is 2.18. The topological polar surface area (TPSA) is 32.6 Å². The molecule has 1 aromatic rings. The highest BCUT2D eigenvalue weighted by molar-refractivity contribution is 5.79. The van der Waals surface area contributed by atoms with Gasteiger partial charge in [0.2, 0.25) is 0 Å². The fourth-order valence-electron chi connectivity index (χ4n) is 2.18. The third kappa shape index (κ3) is 5.68. The predicted octanol–water partition coefficient (Wildman–Crippen LogP) is 2.86. The molecule has 114 valence electrons. The van der Waals surface area contributed by atoms with E-state index in [4.69, 9.17) is 0 Å². The molecule has 0 aliphatic carbocycles. The fraction of sp³-hybridized carbons (Fsp3) is 0.688.